The summed E-state index contributed by atoms with van der Waals surface area (Å²) in [6, 6.07) is 25.4. The Morgan fingerprint density at radius 3 is 2.15 bits per heavy atom. The maximum absolute atomic E-state index is 13.3. The molecule has 1 fully saturated rings. The topological polar surface area (TPSA) is 87.7 Å². The first-order valence-electron chi connectivity index (χ1n) is 14.2. The molecular weight excluding hydrogens is 523 g/mol. The zero-order valence-corrected chi connectivity index (χ0v) is 24.3. The molecule has 2 amide bonds. The maximum Gasteiger partial charge on any atom is 0.261 e. The van der Waals surface area contributed by atoms with Gasteiger partial charge in [-0.15, -0.1) is 0 Å². The molecule has 0 aromatic heterocycles. The Kier molecular flexibility index (Phi) is 9.09. The van der Waals surface area contributed by atoms with Crippen molar-refractivity contribution in [2.24, 2.45) is 5.92 Å². The molecule has 0 unspecified atom stereocenters. The van der Waals surface area contributed by atoms with Crippen molar-refractivity contribution in [3.63, 3.8) is 0 Å². The van der Waals surface area contributed by atoms with E-state index in [-0.39, 0.29) is 24.0 Å². The van der Waals surface area contributed by atoms with Crippen LogP contribution in [-0.4, -0.2) is 50.5 Å². The number of aliphatic hydroxyl groups excluding tert-OH is 1. The number of hydrogen-bond acceptors (Lipinski definition) is 4. The van der Waals surface area contributed by atoms with Gasteiger partial charge in [-0.3, -0.25) is 9.59 Å². The van der Waals surface area contributed by atoms with Crippen molar-refractivity contribution in [2.45, 2.75) is 57.2 Å². The number of aliphatic hydroxyl groups is 1. The van der Waals surface area contributed by atoms with Crippen molar-refractivity contribution < 1.29 is 24.9 Å². The summed E-state index contributed by atoms with van der Waals surface area (Å²) in [7, 11) is -2.92. The van der Waals surface area contributed by atoms with E-state index < -0.39 is 38.1 Å². The largest absolute Gasteiger partial charge is 0.405 e. The van der Waals surface area contributed by atoms with Crippen LogP contribution in [0.5, 0.6) is 0 Å². The van der Waals surface area contributed by atoms with E-state index in [0.29, 0.717) is 24.9 Å². The molecule has 4 rings (SSSR count). The number of nitrogens with one attached hydrogen (secondary N) is 2. The SMILES string of the molecule is [2H]N1CC[C@@H](C[C@@H](CO[Si](c2ccccc2)(c2ccccc2)C(C)(C)C)NC(=O)[C@H](O)Cc2ccc(F)cc2)C1=O. The molecule has 3 aromatic rings. The second-order valence-electron chi connectivity index (χ2n) is 11.5. The minimum Gasteiger partial charge on any atom is -0.405 e. The van der Waals surface area contributed by atoms with Gasteiger partial charge in [-0.2, -0.15) is 0 Å². The molecule has 0 aliphatic carbocycles. The number of halogens is 1. The molecule has 3 atom stereocenters. The van der Waals surface area contributed by atoms with Crippen molar-refractivity contribution in [3.8, 4) is 0 Å². The van der Waals surface area contributed by atoms with E-state index in [1.165, 1.54) is 24.3 Å². The van der Waals surface area contributed by atoms with Crippen molar-refractivity contribution in [3.05, 3.63) is 96.3 Å². The van der Waals surface area contributed by atoms with Crippen LogP contribution in [0, 0.1) is 11.7 Å². The highest BCUT2D eigenvalue weighted by molar-refractivity contribution is 6.99. The first-order chi connectivity index (χ1) is 19.5. The average molecular weight is 564 g/mol. The van der Waals surface area contributed by atoms with E-state index in [2.05, 4.69) is 50.4 Å². The van der Waals surface area contributed by atoms with Gasteiger partial charge in [0.2, 0.25) is 11.8 Å². The van der Waals surface area contributed by atoms with Crippen molar-refractivity contribution in [1.29, 1.82) is 0 Å². The summed E-state index contributed by atoms with van der Waals surface area (Å²) in [5, 5.41) is 16.5. The number of benzene rings is 3. The molecule has 0 saturated carbocycles. The number of rotatable bonds is 11. The molecule has 40 heavy (non-hydrogen) atoms. The Bertz CT molecular complexity index is 1270. The fraction of sp³-hybridized carbons (Fsp3) is 0.375. The summed E-state index contributed by atoms with van der Waals surface area (Å²) < 4.78 is 28.2. The minimum atomic E-state index is -2.92. The molecule has 1 heterocycles. The molecule has 0 bridgehead atoms. The Balaban J connectivity index is 1.62. The van der Waals surface area contributed by atoms with E-state index in [9.17, 15) is 19.1 Å². The molecule has 8 heteroatoms. The third-order valence-corrected chi connectivity index (χ3v) is 12.6. The highest BCUT2D eigenvalue weighted by Crippen LogP contribution is 2.37. The molecule has 1 saturated heterocycles. The van der Waals surface area contributed by atoms with E-state index in [1.54, 1.807) is 0 Å². The smallest absolute Gasteiger partial charge is 0.261 e. The predicted octanol–water partition coefficient (Wildman–Crippen LogP) is 3.32. The van der Waals surface area contributed by atoms with Crippen LogP contribution in [0.1, 0.15) is 39.2 Å². The third-order valence-electron chi connectivity index (χ3n) is 7.57. The summed E-state index contributed by atoms with van der Waals surface area (Å²) in [5.41, 5.74) is 0.630. The Hall–Kier alpha value is -3.33. The lowest BCUT2D eigenvalue weighted by molar-refractivity contribution is -0.131. The van der Waals surface area contributed by atoms with Gasteiger partial charge in [-0.1, -0.05) is 93.6 Å². The van der Waals surface area contributed by atoms with Crippen LogP contribution in [0.3, 0.4) is 0 Å². The second kappa shape index (κ2) is 12.9. The molecule has 1 aliphatic heterocycles. The quantitative estimate of drug-likeness (QED) is 0.313. The molecule has 3 aromatic carbocycles. The van der Waals surface area contributed by atoms with Crippen molar-refractivity contribution >= 4 is 30.5 Å². The van der Waals surface area contributed by atoms with Gasteiger partial charge in [0.15, 0.2) is 1.41 Å². The van der Waals surface area contributed by atoms with Crippen LogP contribution in [0.25, 0.3) is 0 Å². The van der Waals surface area contributed by atoms with Crippen LogP contribution in [0.15, 0.2) is 84.9 Å². The van der Waals surface area contributed by atoms with Crippen LogP contribution in [-0.2, 0) is 20.4 Å². The molecule has 212 valence electrons. The Labute approximate surface area is 238 Å². The zero-order valence-electron chi connectivity index (χ0n) is 24.3. The van der Waals surface area contributed by atoms with Gasteiger partial charge < -0.3 is 20.2 Å². The highest BCUT2D eigenvalue weighted by atomic mass is 28.4. The lowest BCUT2D eigenvalue weighted by Gasteiger charge is -2.44. The minimum absolute atomic E-state index is 0.0251. The fourth-order valence-corrected chi connectivity index (χ4v) is 10.1. The first kappa shape index (κ1) is 28.2. The van der Waals surface area contributed by atoms with Crippen molar-refractivity contribution in [2.75, 3.05) is 13.2 Å². The van der Waals surface area contributed by atoms with E-state index in [4.69, 9.17) is 5.84 Å². The summed E-state index contributed by atoms with van der Waals surface area (Å²) >= 11 is 0. The van der Waals surface area contributed by atoms with E-state index in [1.807, 2.05) is 36.4 Å². The predicted molar refractivity (Wildman–Crippen MR) is 157 cm³/mol. The monoisotopic (exact) mass is 563 g/mol. The molecular formula is C32H39FN2O4Si. The lowest BCUT2D eigenvalue weighted by Crippen LogP contribution is -2.67. The molecule has 6 nitrogen and oxygen atoms in total. The summed E-state index contributed by atoms with van der Waals surface area (Å²) in [6.45, 7) is 6.96. The molecule has 0 spiro atoms. The Morgan fingerprint density at radius 2 is 1.65 bits per heavy atom. The van der Waals surface area contributed by atoms with E-state index in [0.717, 1.165) is 15.7 Å². The van der Waals surface area contributed by atoms with Gasteiger partial charge in [-0.25, -0.2) is 4.39 Å². The first-order valence-corrected chi connectivity index (χ1v) is 15.7. The van der Waals surface area contributed by atoms with Crippen LogP contribution >= 0.6 is 0 Å². The molecule has 1 aliphatic rings. The summed E-state index contributed by atoms with van der Waals surface area (Å²) in [6.07, 6.45) is -0.521. The lowest BCUT2D eigenvalue weighted by atomic mass is 9.98. The number of amides is 2. The van der Waals surface area contributed by atoms with Gasteiger partial charge in [0.25, 0.3) is 8.32 Å². The second-order valence-corrected chi connectivity index (χ2v) is 15.8. The summed E-state index contributed by atoms with van der Waals surface area (Å²) in [4.78, 5) is 25.8. The number of hydrogen-bond donors (Lipinski definition) is 3. The van der Waals surface area contributed by atoms with Gasteiger partial charge in [0.1, 0.15) is 11.9 Å². The molecule has 3 N–H and O–H groups in total. The standard InChI is InChI=1S/C32H39FN2O4Si/c1-32(2,3)40(27-10-6-4-7-11-27,28-12-8-5-9-13-28)39-22-26(21-24-18-19-34-30(24)37)35-31(38)29(36)20-23-14-16-25(33)17-15-23/h4-17,24,26,29,36H,18-22H2,1-3H3,(H,34,37)(H,35,38)/t24-,26-,29+/m0/s1/i/hD. The van der Waals surface area contributed by atoms with Gasteiger partial charge in [0.05, 0.1) is 12.6 Å². The van der Waals surface area contributed by atoms with E-state index >= 15 is 0 Å². The van der Waals surface area contributed by atoms with Gasteiger partial charge in [-0.05, 0) is 45.9 Å². The van der Waals surface area contributed by atoms with Crippen LogP contribution in [0.4, 0.5) is 4.39 Å². The number of carbonyl (C=O) groups excluding carboxylic acids is 2. The van der Waals surface area contributed by atoms with Crippen LogP contribution < -0.4 is 21.0 Å². The maximum atomic E-state index is 13.3. The highest BCUT2D eigenvalue weighted by Gasteiger charge is 2.50. The van der Waals surface area contributed by atoms with Gasteiger partial charge >= 0.3 is 0 Å². The Morgan fingerprint density at radius 1 is 1.07 bits per heavy atom. The normalized spacial score (nSPS) is 17.8. The molecule has 0 radical (unpaired) electrons. The van der Waals surface area contributed by atoms with Crippen LogP contribution in [0.2, 0.25) is 6.45 Å². The van der Waals surface area contributed by atoms with Gasteiger partial charge in [0, 0.05) is 18.9 Å². The fourth-order valence-electron chi connectivity index (χ4n) is 5.53. The summed E-state index contributed by atoms with van der Waals surface area (Å²) in [5.74, 6) is -1.67. The third kappa shape index (κ3) is 6.86. The zero-order chi connectivity index (χ0) is 29.6. The number of carbonyl (C=O) groups is 2. The van der Waals surface area contributed by atoms with Crippen molar-refractivity contribution in [1.82, 2.24) is 10.6 Å². The average Bonchev–Trinajstić information content (AvgIpc) is 3.27.